The van der Waals surface area contributed by atoms with E-state index in [1.54, 1.807) is 0 Å². The quantitative estimate of drug-likeness (QED) is 0.844. The van der Waals surface area contributed by atoms with Crippen LogP contribution >= 0.6 is 0 Å². The molecular formula is C15H25NO2. The molecule has 0 saturated heterocycles. The van der Waals surface area contributed by atoms with Crippen LogP contribution in [-0.2, 0) is 0 Å². The first-order valence-corrected chi connectivity index (χ1v) is 6.41. The Hall–Kier alpha value is -1.06. The molecule has 0 aliphatic heterocycles. The van der Waals surface area contributed by atoms with Gasteiger partial charge in [0.1, 0.15) is 18.5 Å². The predicted molar refractivity (Wildman–Crippen MR) is 75.2 cm³/mol. The zero-order valence-electron chi connectivity index (χ0n) is 12.1. The Morgan fingerprint density at radius 1 is 1.28 bits per heavy atom. The highest BCUT2D eigenvalue weighted by molar-refractivity contribution is 5.35. The average Bonchev–Trinajstić information content (AvgIpc) is 2.26. The molecule has 3 heteroatoms. The topological polar surface area (TPSA) is 41.5 Å². The lowest BCUT2D eigenvalue weighted by molar-refractivity contribution is 0.0997. The summed E-state index contributed by atoms with van der Waals surface area (Å²) in [5.41, 5.74) is 2.27. The van der Waals surface area contributed by atoms with Gasteiger partial charge in [0, 0.05) is 12.1 Å². The monoisotopic (exact) mass is 251 g/mol. The van der Waals surface area contributed by atoms with Crippen LogP contribution in [0, 0.1) is 13.8 Å². The number of β-amino-alcohol motifs (C(OH)–C–C–N with tert-alkyl or cyclic N) is 1. The molecule has 1 aromatic carbocycles. The van der Waals surface area contributed by atoms with Crippen LogP contribution in [0.3, 0.4) is 0 Å². The van der Waals surface area contributed by atoms with Crippen molar-refractivity contribution in [3.63, 3.8) is 0 Å². The molecule has 0 aliphatic rings. The fourth-order valence-electron chi connectivity index (χ4n) is 1.53. The standard InChI is InChI=1S/C15H25NO2/c1-11-6-7-12(2)14(8-11)18-10-13(17)9-16-15(3,4)5/h6-8,13,16-17H,9-10H2,1-5H3. The van der Waals surface area contributed by atoms with Gasteiger partial charge in [0.25, 0.3) is 0 Å². The Bertz CT molecular complexity index is 383. The first kappa shape index (κ1) is 15.0. The number of benzene rings is 1. The van der Waals surface area contributed by atoms with Crippen molar-refractivity contribution in [3.05, 3.63) is 29.3 Å². The molecule has 3 nitrogen and oxygen atoms in total. The molecule has 1 aromatic rings. The summed E-state index contributed by atoms with van der Waals surface area (Å²) < 4.78 is 5.65. The van der Waals surface area contributed by atoms with Gasteiger partial charge in [0.2, 0.25) is 0 Å². The Labute approximate surface area is 110 Å². The Kier molecular flexibility index (Phi) is 5.17. The maximum absolute atomic E-state index is 9.85. The third-order valence-corrected chi connectivity index (χ3v) is 2.64. The van der Waals surface area contributed by atoms with Crippen LogP contribution in [0.5, 0.6) is 5.75 Å². The summed E-state index contributed by atoms with van der Waals surface area (Å²) in [6.45, 7) is 11.1. The minimum absolute atomic E-state index is 0.0141. The maximum Gasteiger partial charge on any atom is 0.122 e. The van der Waals surface area contributed by atoms with E-state index in [2.05, 4.69) is 32.2 Å². The number of aliphatic hydroxyl groups is 1. The number of aryl methyl sites for hydroxylation is 2. The molecule has 0 spiro atoms. The highest BCUT2D eigenvalue weighted by Crippen LogP contribution is 2.19. The molecule has 0 bridgehead atoms. The summed E-state index contributed by atoms with van der Waals surface area (Å²) in [7, 11) is 0. The first-order chi connectivity index (χ1) is 8.28. The molecule has 0 saturated carbocycles. The highest BCUT2D eigenvalue weighted by atomic mass is 16.5. The van der Waals surface area contributed by atoms with Gasteiger partial charge in [-0.1, -0.05) is 12.1 Å². The summed E-state index contributed by atoms with van der Waals surface area (Å²) in [4.78, 5) is 0. The summed E-state index contributed by atoms with van der Waals surface area (Å²) in [5, 5.41) is 13.1. The molecule has 1 atom stereocenters. The molecule has 0 radical (unpaired) electrons. The van der Waals surface area contributed by atoms with Gasteiger partial charge in [-0.05, 0) is 51.8 Å². The zero-order valence-corrected chi connectivity index (χ0v) is 12.1. The van der Waals surface area contributed by atoms with E-state index in [4.69, 9.17) is 4.74 Å². The summed E-state index contributed by atoms with van der Waals surface area (Å²) in [6.07, 6.45) is -0.496. The van der Waals surface area contributed by atoms with Crippen molar-refractivity contribution in [3.8, 4) is 5.75 Å². The Morgan fingerprint density at radius 2 is 1.94 bits per heavy atom. The maximum atomic E-state index is 9.85. The average molecular weight is 251 g/mol. The minimum Gasteiger partial charge on any atom is -0.491 e. The van der Waals surface area contributed by atoms with E-state index in [0.29, 0.717) is 13.2 Å². The number of hydrogen-bond acceptors (Lipinski definition) is 3. The second-order valence-corrected chi connectivity index (χ2v) is 5.86. The van der Waals surface area contributed by atoms with Crippen LogP contribution < -0.4 is 10.1 Å². The van der Waals surface area contributed by atoms with Gasteiger partial charge in [0.05, 0.1) is 0 Å². The third-order valence-electron chi connectivity index (χ3n) is 2.64. The van der Waals surface area contributed by atoms with Gasteiger partial charge in [-0.25, -0.2) is 0 Å². The summed E-state index contributed by atoms with van der Waals surface area (Å²) >= 11 is 0. The fourth-order valence-corrected chi connectivity index (χ4v) is 1.53. The van der Waals surface area contributed by atoms with Gasteiger partial charge in [-0.15, -0.1) is 0 Å². The van der Waals surface area contributed by atoms with Crippen molar-refractivity contribution in [1.29, 1.82) is 0 Å². The lowest BCUT2D eigenvalue weighted by Gasteiger charge is -2.23. The molecule has 1 rings (SSSR count). The predicted octanol–water partition coefficient (Wildman–Crippen LogP) is 2.43. The van der Waals surface area contributed by atoms with Gasteiger partial charge in [0.15, 0.2) is 0 Å². The van der Waals surface area contributed by atoms with E-state index in [1.165, 1.54) is 0 Å². The molecule has 102 valence electrons. The fraction of sp³-hybridized carbons (Fsp3) is 0.600. The van der Waals surface area contributed by atoms with Crippen molar-refractivity contribution in [2.24, 2.45) is 0 Å². The van der Waals surface area contributed by atoms with E-state index in [9.17, 15) is 5.11 Å². The molecular weight excluding hydrogens is 226 g/mol. The van der Waals surface area contributed by atoms with Gasteiger partial charge in [-0.2, -0.15) is 0 Å². The molecule has 0 aromatic heterocycles. The second-order valence-electron chi connectivity index (χ2n) is 5.86. The normalized spacial score (nSPS) is 13.4. The summed E-state index contributed by atoms with van der Waals surface area (Å²) in [5.74, 6) is 0.852. The second kappa shape index (κ2) is 6.21. The molecule has 0 aliphatic carbocycles. The van der Waals surface area contributed by atoms with Gasteiger partial charge in [-0.3, -0.25) is 0 Å². The molecule has 18 heavy (non-hydrogen) atoms. The van der Waals surface area contributed by atoms with Crippen LogP contribution in [-0.4, -0.2) is 29.9 Å². The van der Waals surface area contributed by atoms with E-state index in [1.807, 2.05) is 26.0 Å². The Balaban J connectivity index is 2.42. The minimum atomic E-state index is -0.496. The zero-order chi connectivity index (χ0) is 13.8. The molecule has 2 N–H and O–H groups in total. The third kappa shape index (κ3) is 5.52. The van der Waals surface area contributed by atoms with Crippen molar-refractivity contribution >= 4 is 0 Å². The lowest BCUT2D eigenvalue weighted by Crippen LogP contribution is -2.42. The molecule has 1 unspecified atom stereocenters. The smallest absolute Gasteiger partial charge is 0.122 e. The SMILES string of the molecule is Cc1ccc(C)c(OCC(O)CNC(C)(C)C)c1. The van der Waals surface area contributed by atoms with Gasteiger partial charge >= 0.3 is 0 Å². The largest absolute Gasteiger partial charge is 0.491 e. The van der Waals surface area contributed by atoms with E-state index >= 15 is 0 Å². The number of ether oxygens (including phenoxy) is 1. The molecule has 0 heterocycles. The highest BCUT2D eigenvalue weighted by Gasteiger charge is 2.12. The van der Waals surface area contributed by atoms with Crippen molar-refractivity contribution in [2.45, 2.75) is 46.3 Å². The van der Waals surface area contributed by atoms with Crippen molar-refractivity contribution in [1.82, 2.24) is 5.32 Å². The van der Waals surface area contributed by atoms with Crippen LogP contribution in [0.15, 0.2) is 18.2 Å². The van der Waals surface area contributed by atoms with Gasteiger partial charge < -0.3 is 15.2 Å². The number of nitrogens with one attached hydrogen (secondary N) is 1. The number of rotatable bonds is 5. The summed E-state index contributed by atoms with van der Waals surface area (Å²) in [6, 6.07) is 6.09. The molecule has 0 fully saturated rings. The van der Waals surface area contributed by atoms with E-state index in [0.717, 1.165) is 16.9 Å². The lowest BCUT2D eigenvalue weighted by atomic mass is 10.1. The van der Waals surface area contributed by atoms with Crippen molar-refractivity contribution < 1.29 is 9.84 Å². The van der Waals surface area contributed by atoms with Crippen LogP contribution in [0.1, 0.15) is 31.9 Å². The molecule has 0 amide bonds. The Morgan fingerprint density at radius 3 is 2.56 bits per heavy atom. The van der Waals surface area contributed by atoms with E-state index < -0.39 is 6.10 Å². The van der Waals surface area contributed by atoms with Crippen LogP contribution in [0.4, 0.5) is 0 Å². The van der Waals surface area contributed by atoms with Crippen molar-refractivity contribution in [2.75, 3.05) is 13.2 Å². The van der Waals surface area contributed by atoms with Crippen LogP contribution in [0.2, 0.25) is 0 Å². The van der Waals surface area contributed by atoms with E-state index in [-0.39, 0.29) is 5.54 Å². The number of hydrogen-bond donors (Lipinski definition) is 2. The number of aliphatic hydroxyl groups excluding tert-OH is 1. The first-order valence-electron chi connectivity index (χ1n) is 6.41. The van der Waals surface area contributed by atoms with Crippen LogP contribution in [0.25, 0.3) is 0 Å².